The molecule has 0 aromatic carbocycles. The van der Waals surface area contributed by atoms with Crippen LogP contribution in [-0.2, 0) is 9.59 Å². The monoisotopic (exact) mass is 444 g/mol. The minimum atomic E-state index is -2.25. The average Bonchev–Trinajstić information content (AvgIpc) is 2.68. The molecule has 0 radical (unpaired) electrons. The molecular formula is C25H50NO5+. The lowest BCUT2D eigenvalue weighted by Gasteiger charge is -2.39. The Morgan fingerprint density at radius 3 is 1.42 bits per heavy atom. The van der Waals surface area contributed by atoms with Crippen molar-refractivity contribution in [3.8, 4) is 0 Å². The Labute approximate surface area is 190 Å². The molecule has 0 saturated carbocycles. The minimum Gasteiger partial charge on any atom is -0.481 e. The molecule has 0 heterocycles. The Kier molecular flexibility index (Phi) is 16.1. The van der Waals surface area contributed by atoms with E-state index < -0.39 is 30.0 Å². The summed E-state index contributed by atoms with van der Waals surface area (Å²) in [4.78, 5) is 23.7. The Hall–Kier alpha value is -0.980. The van der Waals surface area contributed by atoms with Crippen LogP contribution in [0.2, 0.25) is 0 Å². The topological polar surface area (TPSA) is 94.8 Å². The van der Waals surface area contributed by atoms with Crippen LogP contribution in [0, 0.1) is 0 Å². The molecule has 0 aromatic heterocycles. The van der Waals surface area contributed by atoms with Crippen LogP contribution < -0.4 is 0 Å². The molecule has 0 aliphatic rings. The lowest BCUT2D eigenvalue weighted by Crippen LogP contribution is -2.63. The third-order valence-electron chi connectivity index (χ3n) is 6.07. The number of aliphatic carboxylic acids is 1. The molecule has 0 bridgehead atoms. The maximum atomic E-state index is 12.5. The first-order chi connectivity index (χ1) is 14.6. The van der Waals surface area contributed by atoms with Gasteiger partial charge >= 0.3 is 5.97 Å². The van der Waals surface area contributed by atoms with Gasteiger partial charge in [0.25, 0.3) is 0 Å². The number of carboxylic acid groups (broad SMARTS) is 1. The van der Waals surface area contributed by atoms with Crippen LogP contribution in [0.5, 0.6) is 0 Å². The zero-order valence-corrected chi connectivity index (χ0v) is 20.7. The number of unbranched alkanes of at least 4 members (excludes halogenated alkanes) is 14. The second-order valence-electron chi connectivity index (χ2n) is 10.1. The number of carboxylic acids is 1. The molecule has 0 rings (SSSR count). The zero-order valence-electron chi connectivity index (χ0n) is 20.7. The van der Waals surface area contributed by atoms with E-state index in [4.69, 9.17) is 5.11 Å². The highest BCUT2D eigenvalue weighted by Gasteiger charge is 2.51. The molecular weight excluding hydrogens is 394 g/mol. The van der Waals surface area contributed by atoms with Crippen molar-refractivity contribution >= 4 is 11.8 Å². The molecule has 6 heteroatoms. The predicted molar refractivity (Wildman–Crippen MR) is 126 cm³/mol. The fourth-order valence-electron chi connectivity index (χ4n) is 4.08. The van der Waals surface area contributed by atoms with Gasteiger partial charge in [-0.05, 0) is 6.42 Å². The predicted octanol–water partition coefficient (Wildman–Crippen LogP) is 5.05. The molecule has 6 nitrogen and oxygen atoms in total. The molecule has 3 N–H and O–H groups in total. The summed E-state index contributed by atoms with van der Waals surface area (Å²) in [6.45, 7) is 2.25. The molecule has 0 aliphatic carbocycles. The highest BCUT2D eigenvalue weighted by Crippen LogP contribution is 2.25. The lowest BCUT2D eigenvalue weighted by molar-refractivity contribution is -0.925. The van der Waals surface area contributed by atoms with Crippen molar-refractivity contribution in [2.24, 2.45) is 0 Å². The fourth-order valence-corrected chi connectivity index (χ4v) is 4.08. The summed E-state index contributed by atoms with van der Waals surface area (Å²) in [5, 5.41) is 30.1. The second kappa shape index (κ2) is 16.6. The summed E-state index contributed by atoms with van der Waals surface area (Å²) in [6.07, 6.45) is 16.2. The maximum Gasteiger partial charge on any atom is 0.307 e. The van der Waals surface area contributed by atoms with E-state index >= 15 is 0 Å². The molecule has 0 amide bonds. The van der Waals surface area contributed by atoms with Gasteiger partial charge in [-0.1, -0.05) is 96.8 Å². The number of likely N-dealkylation sites (N-methyl/N-ethyl adjacent to an activating group) is 1. The van der Waals surface area contributed by atoms with Crippen molar-refractivity contribution < 1.29 is 29.4 Å². The normalized spacial score (nSPS) is 14.9. The number of aliphatic hydroxyl groups excluding tert-OH is 1. The molecule has 0 aromatic rings. The highest BCUT2D eigenvalue weighted by molar-refractivity contribution is 5.91. The third-order valence-corrected chi connectivity index (χ3v) is 6.07. The van der Waals surface area contributed by atoms with Crippen LogP contribution in [0.4, 0.5) is 0 Å². The molecule has 0 saturated heterocycles. The van der Waals surface area contributed by atoms with E-state index in [0.717, 1.165) is 19.3 Å². The summed E-state index contributed by atoms with van der Waals surface area (Å²) < 4.78 is -0.103. The minimum absolute atomic E-state index is 0.0963. The van der Waals surface area contributed by atoms with E-state index in [1.54, 1.807) is 21.1 Å². The van der Waals surface area contributed by atoms with Gasteiger partial charge in [0, 0.05) is 6.42 Å². The number of rotatable bonds is 21. The van der Waals surface area contributed by atoms with Crippen molar-refractivity contribution in [2.45, 2.75) is 128 Å². The average molecular weight is 445 g/mol. The zero-order chi connectivity index (χ0) is 23.8. The van der Waals surface area contributed by atoms with Gasteiger partial charge in [0.2, 0.25) is 11.8 Å². The van der Waals surface area contributed by atoms with Gasteiger partial charge in [0.05, 0.1) is 27.6 Å². The van der Waals surface area contributed by atoms with Crippen LogP contribution in [0.25, 0.3) is 0 Å². The number of nitrogens with zero attached hydrogens (tertiary/aromatic N) is 1. The number of quaternary nitrogens is 1. The van der Waals surface area contributed by atoms with E-state index in [1.165, 1.54) is 70.6 Å². The molecule has 2 atom stereocenters. The van der Waals surface area contributed by atoms with Gasteiger partial charge in [-0.2, -0.15) is 0 Å². The number of carbonyl (C=O) groups is 2. The first-order valence-electron chi connectivity index (χ1n) is 12.5. The third kappa shape index (κ3) is 13.9. The van der Waals surface area contributed by atoms with Crippen molar-refractivity contribution in [3.63, 3.8) is 0 Å². The molecule has 2 unspecified atom stereocenters. The van der Waals surface area contributed by atoms with Gasteiger partial charge in [-0.25, -0.2) is 0 Å². The number of hydrogen-bond acceptors (Lipinski definition) is 4. The van der Waals surface area contributed by atoms with Gasteiger partial charge in [0.1, 0.15) is 0 Å². The van der Waals surface area contributed by atoms with Gasteiger partial charge in [-0.15, -0.1) is 0 Å². The van der Waals surface area contributed by atoms with Crippen LogP contribution >= 0.6 is 0 Å². The summed E-state index contributed by atoms with van der Waals surface area (Å²) >= 11 is 0. The standard InChI is InChI=1S/C25H49NO5/c1-5-6-7-8-9-10-11-12-13-14-15-16-17-18-19-20-22(27)25(31,21-23(28)29)24(30)26(2,3)4/h24,30-31H,5-21H2,1-4H3/p+1. The SMILES string of the molecule is CCCCCCCCCCCCCCCCCC(=O)C(O)(CC(=O)O)C(O)[N+](C)(C)C. The summed E-state index contributed by atoms with van der Waals surface area (Å²) in [5.41, 5.74) is -2.25. The summed E-state index contributed by atoms with van der Waals surface area (Å²) in [7, 11) is 4.87. The molecule has 0 fully saturated rings. The molecule has 0 aliphatic heterocycles. The maximum absolute atomic E-state index is 12.5. The van der Waals surface area contributed by atoms with Crippen molar-refractivity contribution in [1.82, 2.24) is 0 Å². The number of aliphatic hydroxyl groups is 2. The largest absolute Gasteiger partial charge is 0.481 e. The smallest absolute Gasteiger partial charge is 0.307 e. The second-order valence-corrected chi connectivity index (χ2v) is 10.1. The Morgan fingerprint density at radius 1 is 0.742 bits per heavy atom. The Morgan fingerprint density at radius 2 is 1.10 bits per heavy atom. The van der Waals surface area contributed by atoms with E-state index in [-0.39, 0.29) is 10.9 Å². The summed E-state index contributed by atoms with van der Waals surface area (Å²) in [6, 6.07) is 0. The van der Waals surface area contributed by atoms with E-state index in [1.807, 2.05) is 0 Å². The first-order valence-corrected chi connectivity index (χ1v) is 12.5. The first kappa shape index (κ1) is 30.0. The number of carbonyl (C=O) groups excluding carboxylic acids is 1. The van der Waals surface area contributed by atoms with Crippen molar-refractivity contribution in [3.05, 3.63) is 0 Å². The van der Waals surface area contributed by atoms with E-state index in [9.17, 15) is 19.8 Å². The Balaban J connectivity index is 3.89. The quantitative estimate of drug-likeness (QED) is 0.131. The highest BCUT2D eigenvalue weighted by atomic mass is 16.4. The van der Waals surface area contributed by atoms with Crippen LogP contribution in [0.3, 0.4) is 0 Å². The van der Waals surface area contributed by atoms with Gasteiger partial charge in [-0.3, -0.25) is 9.59 Å². The van der Waals surface area contributed by atoms with Gasteiger partial charge in [0.15, 0.2) is 5.78 Å². The van der Waals surface area contributed by atoms with Crippen LogP contribution in [0.1, 0.15) is 116 Å². The van der Waals surface area contributed by atoms with Crippen molar-refractivity contribution in [2.75, 3.05) is 21.1 Å². The van der Waals surface area contributed by atoms with E-state index in [2.05, 4.69) is 6.92 Å². The molecule has 0 spiro atoms. The van der Waals surface area contributed by atoms with Crippen molar-refractivity contribution in [1.29, 1.82) is 0 Å². The fraction of sp³-hybridized carbons (Fsp3) is 0.920. The summed E-state index contributed by atoms with van der Waals surface area (Å²) in [5.74, 6) is -1.87. The Bertz CT molecular complexity index is 489. The lowest BCUT2D eigenvalue weighted by atomic mass is 9.87. The van der Waals surface area contributed by atoms with Gasteiger partial charge < -0.3 is 19.8 Å². The molecule has 184 valence electrons. The van der Waals surface area contributed by atoms with Crippen LogP contribution in [-0.4, -0.2) is 64.5 Å². The van der Waals surface area contributed by atoms with E-state index in [0.29, 0.717) is 6.42 Å². The molecule has 31 heavy (non-hydrogen) atoms. The number of hydrogen-bond donors (Lipinski definition) is 3. The van der Waals surface area contributed by atoms with Crippen LogP contribution in [0.15, 0.2) is 0 Å². The number of ketones is 1. The number of Topliss-reactive ketones (excluding diaryl/α,β-unsaturated/α-hetero) is 1.